The van der Waals surface area contributed by atoms with Gasteiger partial charge in [0.1, 0.15) is 0 Å². The summed E-state index contributed by atoms with van der Waals surface area (Å²) in [5, 5.41) is 0. The molecule has 0 spiro atoms. The highest BCUT2D eigenvalue weighted by Crippen LogP contribution is 2.19. The van der Waals surface area contributed by atoms with E-state index in [0.717, 1.165) is 11.1 Å². The maximum absolute atomic E-state index is 11.6. The molecule has 25 heavy (non-hydrogen) atoms. The van der Waals surface area contributed by atoms with Crippen molar-refractivity contribution in [3.8, 4) is 0 Å². The highest BCUT2D eigenvalue weighted by Gasteiger charge is 2.16. The van der Waals surface area contributed by atoms with Crippen LogP contribution in [0.25, 0.3) is 0 Å². The summed E-state index contributed by atoms with van der Waals surface area (Å²) in [5.74, 6) is 0. The average Bonchev–Trinajstić information content (AvgIpc) is 2.57. The lowest BCUT2D eigenvalue weighted by Crippen LogP contribution is -2.32. The maximum Gasteiger partial charge on any atom is 0.261 e. The van der Waals surface area contributed by atoms with Crippen molar-refractivity contribution in [1.29, 1.82) is 0 Å². The second-order valence-electron chi connectivity index (χ2n) is 5.69. The zero-order chi connectivity index (χ0) is 18.4. The maximum atomic E-state index is 11.6. The molecule has 0 amide bonds. The third-order valence-corrected chi connectivity index (χ3v) is 5.28. The predicted octanol–water partition coefficient (Wildman–Crippen LogP) is 3.28. The van der Waals surface area contributed by atoms with Gasteiger partial charge in [0, 0.05) is 13.1 Å². The first-order valence-electron chi connectivity index (χ1n) is 7.79. The van der Waals surface area contributed by atoms with Crippen molar-refractivity contribution in [3.05, 3.63) is 59.7 Å². The molecule has 0 radical (unpaired) electrons. The summed E-state index contributed by atoms with van der Waals surface area (Å²) in [6.45, 7) is 4.46. The van der Waals surface area contributed by atoms with Crippen LogP contribution in [-0.4, -0.2) is 30.6 Å². The Morgan fingerprint density at radius 2 is 1.04 bits per heavy atom. The van der Waals surface area contributed by atoms with E-state index in [4.69, 9.17) is 0 Å². The Hall–Kier alpha value is -1.74. The molecule has 8 heteroatoms. The van der Waals surface area contributed by atoms with Gasteiger partial charge in [-0.2, -0.15) is 0 Å². The molecule has 0 fully saturated rings. The van der Waals surface area contributed by atoms with Crippen LogP contribution in [0, 0.1) is 13.8 Å². The average molecular weight is 383 g/mol. The number of benzene rings is 2. The molecule has 0 heterocycles. The van der Waals surface area contributed by atoms with Crippen molar-refractivity contribution in [3.63, 3.8) is 0 Å². The fourth-order valence-corrected chi connectivity index (χ4v) is 3.55. The molecule has 0 aliphatic rings. The second kappa shape index (κ2) is 9.10. The van der Waals surface area contributed by atoms with E-state index in [9.17, 15) is 17.5 Å². The van der Waals surface area contributed by atoms with Crippen LogP contribution < -0.4 is 8.61 Å². The van der Waals surface area contributed by atoms with Crippen LogP contribution >= 0.6 is 0 Å². The summed E-state index contributed by atoms with van der Waals surface area (Å²) in [5.41, 5.74) is 3.40. The molecule has 0 saturated carbocycles. The molecular weight excluding hydrogens is 360 g/mol. The monoisotopic (exact) mass is 382 g/mol. The molecule has 136 valence electrons. The summed E-state index contributed by atoms with van der Waals surface area (Å²) in [6, 6.07) is 14.6. The van der Waals surface area contributed by atoms with Crippen molar-refractivity contribution in [2.24, 2.45) is 0 Å². The van der Waals surface area contributed by atoms with Crippen LogP contribution in [0.3, 0.4) is 0 Å². The molecule has 0 aromatic heterocycles. The van der Waals surface area contributed by atoms with Gasteiger partial charge >= 0.3 is 0 Å². The Morgan fingerprint density at radius 3 is 1.32 bits per heavy atom. The number of hydrogen-bond acceptors (Lipinski definition) is 2. The fraction of sp³-hybridized carbons (Fsp3) is 0.294. The summed E-state index contributed by atoms with van der Waals surface area (Å²) < 4.78 is 45.0. The molecule has 2 unspecified atom stereocenters. The van der Waals surface area contributed by atoms with E-state index in [1.807, 2.05) is 38.1 Å². The fourth-order valence-electron chi connectivity index (χ4n) is 2.37. The lowest BCUT2D eigenvalue weighted by molar-refractivity contribution is 0.554. The minimum atomic E-state index is -2.16. The third kappa shape index (κ3) is 5.64. The molecule has 0 aliphatic heterocycles. The standard InChI is InChI=1S/C17H22N2O4S2/c1-14-4-8-16(9-5-14)18(24(20)21)12-3-13-19(25(22)23)17-10-6-15(2)7-11-17/h4-11H,3,12-13H2,1-2H3,(H,20,21)(H,22,23). The van der Waals surface area contributed by atoms with E-state index in [-0.39, 0.29) is 13.1 Å². The second-order valence-corrected chi connectivity index (χ2v) is 7.49. The quantitative estimate of drug-likeness (QED) is 0.687. The van der Waals surface area contributed by atoms with Gasteiger partial charge in [0.15, 0.2) is 0 Å². The van der Waals surface area contributed by atoms with Crippen LogP contribution in [-0.2, 0) is 22.5 Å². The third-order valence-electron chi connectivity index (χ3n) is 3.74. The van der Waals surface area contributed by atoms with E-state index in [1.54, 1.807) is 24.3 Å². The number of anilines is 2. The topological polar surface area (TPSA) is 81.1 Å². The van der Waals surface area contributed by atoms with Crippen molar-refractivity contribution in [2.75, 3.05) is 21.7 Å². The molecule has 2 aromatic carbocycles. The highest BCUT2D eigenvalue weighted by atomic mass is 32.2. The minimum Gasteiger partial charge on any atom is -0.289 e. The zero-order valence-corrected chi connectivity index (χ0v) is 15.8. The molecule has 2 aromatic rings. The largest absolute Gasteiger partial charge is 0.289 e. The van der Waals surface area contributed by atoms with Gasteiger partial charge in [0.2, 0.25) is 0 Å². The SMILES string of the molecule is Cc1ccc(N(CCCN(c2ccc(C)cc2)S(=O)O)S(=O)O)cc1. The molecular formula is C17H22N2O4S2. The molecule has 0 saturated heterocycles. The van der Waals surface area contributed by atoms with E-state index < -0.39 is 22.5 Å². The smallest absolute Gasteiger partial charge is 0.261 e. The lowest BCUT2D eigenvalue weighted by atomic mass is 10.2. The Morgan fingerprint density at radius 1 is 0.720 bits per heavy atom. The van der Waals surface area contributed by atoms with Gasteiger partial charge in [-0.15, -0.1) is 0 Å². The number of rotatable bonds is 8. The lowest BCUT2D eigenvalue weighted by Gasteiger charge is -2.23. The molecule has 2 atom stereocenters. The van der Waals surface area contributed by atoms with Gasteiger partial charge in [0.05, 0.1) is 11.4 Å². The van der Waals surface area contributed by atoms with Gasteiger partial charge in [-0.1, -0.05) is 35.4 Å². The van der Waals surface area contributed by atoms with Crippen LogP contribution in [0.15, 0.2) is 48.5 Å². The molecule has 2 N–H and O–H groups in total. The Balaban J connectivity index is 2.04. The van der Waals surface area contributed by atoms with Crippen LogP contribution in [0.1, 0.15) is 17.5 Å². The van der Waals surface area contributed by atoms with E-state index >= 15 is 0 Å². The van der Waals surface area contributed by atoms with Crippen LogP contribution in [0.2, 0.25) is 0 Å². The van der Waals surface area contributed by atoms with Crippen molar-refractivity contribution in [2.45, 2.75) is 20.3 Å². The number of aryl methyl sites for hydroxylation is 2. The molecule has 0 aliphatic carbocycles. The molecule has 6 nitrogen and oxygen atoms in total. The Labute approximate surface area is 153 Å². The van der Waals surface area contributed by atoms with E-state index in [2.05, 4.69) is 0 Å². The van der Waals surface area contributed by atoms with Crippen LogP contribution in [0.5, 0.6) is 0 Å². The van der Waals surface area contributed by atoms with E-state index in [1.165, 1.54) is 8.61 Å². The van der Waals surface area contributed by atoms with Gasteiger partial charge in [0.25, 0.3) is 22.5 Å². The summed E-state index contributed by atoms with van der Waals surface area (Å²) >= 11 is -4.31. The van der Waals surface area contributed by atoms with Gasteiger partial charge < -0.3 is 0 Å². The van der Waals surface area contributed by atoms with E-state index in [0.29, 0.717) is 17.8 Å². The van der Waals surface area contributed by atoms with Crippen LogP contribution in [0.4, 0.5) is 11.4 Å². The Bertz CT molecular complexity index is 672. The predicted molar refractivity (Wildman–Crippen MR) is 103 cm³/mol. The van der Waals surface area contributed by atoms with Crippen molar-refractivity contribution >= 4 is 33.9 Å². The summed E-state index contributed by atoms with van der Waals surface area (Å²) in [7, 11) is 0. The normalized spacial score (nSPS) is 13.3. The Kier molecular flexibility index (Phi) is 7.12. The number of nitrogens with zero attached hydrogens (tertiary/aromatic N) is 2. The first kappa shape index (κ1) is 19.6. The summed E-state index contributed by atoms with van der Waals surface area (Å²) in [6.07, 6.45) is 0.445. The highest BCUT2D eigenvalue weighted by molar-refractivity contribution is 7.81. The summed E-state index contributed by atoms with van der Waals surface area (Å²) in [4.78, 5) is 0. The zero-order valence-electron chi connectivity index (χ0n) is 14.2. The van der Waals surface area contributed by atoms with Gasteiger partial charge in [-0.3, -0.25) is 17.7 Å². The van der Waals surface area contributed by atoms with Gasteiger partial charge in [-0.05, 0) is 44.5 Å². The molecule has 2 rings (SSSR count). The van der Waals surface area contributed by atoms with Crippen molar-refractivity contribution < 1.29 is 17.5 Å². The number of hydrogen-bond donors (Lipinski definition) is 2. The van der Waals surface area contributed by atoms with Gasteiger partial charge in [-0.25, -0.2) is 8.42 Å². The first-order valence-corrected chi connectivity index (χ1v) is 9.91. The first-order chi connectivity index (χ1) is 11.9. The van der Waals surface area contributed by atoms with Crippen molar-refractivity contribution in [1.82, 2.24) is 0 Å². The minimum absolute atomic E-state index is 0.283. The molecule has 0 bridgehead atoms.